The highest BCUT2D eigenvalue weighted by molar-refractivity contribution is 8.14. The standard InChI is InChI=1S/C12H12FN3S/c13-10-4-2-1-3-9(10)11-7-17-12(16-15-11)14-8-5-6-8/h1-4,8H,5-7H2,(H,14,16). The van der Waals surface area contributed by atoms with Crippen molar-refractivity contribution in [2.45, 2.75) is 18.9 Å². The molecule has 17 heavy (non-hydrogen) atoms. The number of benzene rings is 1. The van der Waals surface area contributed by atoms with Gasteiger partial charge in [-0.2, -0.15) is 5.10 Å². The molecule has 0 bridgehead atoms. The molecule has 1 N–H and O–H groups in total. The summed E-state index contributed by atoms with van der Waals surface area (Å²) in [4.78, 5) is 4.47. The van der Waals surface area contributed by atoms with E-state index in [-0.39, 0.29) is 5.82 Å². The number of thioether (sulfide) groups is 1. The van der Waals surface area contributed by atoms with E-state index in [2.05, 4.69) is 15.5 Å². The van der Waals surface area contributed by atoms with Crippen molar-refractivity contribution in [3.05, 3.63) is 35.6 Å². The molecule has 0 spiro atoms. The monoisotopic (exact) mass is 249 g/mol. The van der Waals surface area contributed by atoms with Gasteiger partial charge in [-0.15, -0.1) is 0 Å². The number of nitrogens with zero attached hydrogens (tertiary/aromatic N) is 2. The van der Waals surface area contributed by atoms with E-state index in [1.165, 1.54) is 18.9 Å². The van der Waals surface area contributed by atoms with Crippen molar-refractivity contribution in [2.75, 3.05) is 5.75 Å². The van der Waals surface area contributed by atoms with Crippen LogP contribution in [0.3, 0.4) is 0 Å². The third kappa shape index (κ3) is 2.49. The van der Waals surface area contributed by atoms with E-state index >= 15 is 0 Å². The van der Waals surface area contributed by atoms with Gasteiger partial charge in [0.05, 0.1) is 11.8 Å². The fraction of sp³-hybridized carbons (Fsp3) is 0.333. The van der Waals surface area contributed by atoms with Gasteiger partial charge in [0.15, 0.2) is 5.17 Å². The Hall–Kier alpha value is -1.36. The molecule has 88 valence electrons. The van der Waals surface area contributed by atoms with Crippen LogP contribution in [0.5, 0.6) is 0 Å². The maximum absolute atomic E-state index is 13.5. The summed E-state index contributed by atoms with van der Waals surface area (Å²) in [6, 6.07) is 7.19. The van der Waals surface area contributed by atoms with Gasteiger partial charge in [-0.05, 0) is 18.9 Å². The largest absolute Gasteiger partial charge is 0.258 e. The Morgan fingerprint density at radius 2 is 2.18 bits per heavy atom. The van der Waals surface area contributed by atoms with Gasteiger partial charge in [-0.1, -0.05) is 30.0 Å². The van der Waals surface area contributed by atoms with Gasteiger partial charge in [-0.3, -0.25) is 10.4 Å². The third-order valence-corrected chi connectivity index (χ3v) is 3.55. The van der Waals surface area contributed by atoms with Gasteiger partial charge in [0, 0.05) is 11.3 Å². The minimum absolute atomic E-state index is 0.226. The number of amidine groups is 1. The van der Waals surface area contributed by atoms with E-state index in [9.17, 15) is 4.39 Å². The summed E-state index contributed by atoms with van der Waals surface area (Å²) in [6.07, 6.45) is 2.35. The van der Waals surface area contributed by atoms with Gasteiger partial charge in [0.2, 0.25) is 0 Å². The van der Waals surface area contributed by atoms with Crippen LogP contribution in [0.25, 0.3) is 0 Å². The first-order valence-corrected chi connectivity index (χ1v) is 6.59. The maximum atomic E-state index is 13.5. The Kier molecular flexibility index (Phi) is 2.84. The van der Waals surface area contributed by atoms with Crippen molar-refractivity contribution in [3.63, 3.8) is 0 Å². The Labute approximate surface area is 103 Å². The molecule has 0 aromatic heterocycles. The van der Waals surface area contributed by atoms with Crippen molar-refractivity contribution in [3.8, 4) is 0 Å². The molecular formula is C12H12FN3S. The van der Waals surface area contributed by atoms with E-state index in [0.29, 0.717) is 17.4 Å². The van der Waals surface area contributed by atoms with Crippen LogP contribution in [-0.2, 0) is 0 Å². The second kappa shape index (κ2) is 4.49. The van der Waals surface area contributed by atoms with Crippen LogP contribution < -0.4 is 5.43 Å². The predicted molar refractivity (Wildman–Crippen MR) is 69.0 cm³/mol. The van der Waals surface area contributed by atoms with Crippen molar-refractivity contribution in [1.29, 1.82) is 0 Å². The van der Waals surface area contributed by atoms with Crippen molar-refractivity contribution < 1.29 is 4.39 Å². The van der Waals surface area contributed by atoms with Crippen LogP contribution in [0, 0.1) is 5.82 Å². The lowest BCUT2D eigenvalue weighted by Gasteiger charge is -2.15. The number of rotatable bonds is 2. The second-order valence-electron chi connectivity index (χ2n) is 4.10. The highest BCUT2D eigenvalue weighted by Gasteiger charge is 2.23. The van der Waals surface area contributed by atoms with Crippen LogP contribution in [0.4, 0.5) is 4.39 Å². The topological polar surface area (TPSA) is 36.8 Å². The summed E-state index contributed by atoms with van der Waals surface area (Å²) in [7, 11) is 0. The van der Waals surface area contributed by atoms with E-state index in [0.717, 1.165) is 10.9 Å². The Morgan fingerprint density at radius 1 is 1.35 bits per heavy atom. The highest BCUT2D eigenvalue weighted by Crippen LogP contribution is 2.25. The Balaban J connectivity index is 1.78. The molecule has 0 saturated heterocycles. The van der Waals surface area contributed by atoms with Crippen LogP contribution in [-0.4, -0.2) is 22.7 Å². The molecule has 3 nitrogen and oxygen atoms in total. The molecule has 1 fully saturated rings. The van der Waals surface area contributed by atoms with Crippen LogP contribution >= 0.6 is 11.8 Å². The lowest BCUT2D eigenvalue weighted by atomic mass is 10.1. The van der Waals surface area contributed by atoms with Gasteiger partial charge >= 0.3 is 0 Å². The molecule has 1 saturated carbocycles. The molecule has 1 aliphatic carbocycles. The van der Waals surface area contributed by atoms with Crippen LogP contribution in [0.15, 0.2) is 34.4 Å². The summed E-state index contributed by atoms with van der Waals surface area (Å²) < 4.78 is 13.5. The summed E-state index contributed by atoms with van der Waals surface area (Å²) in [6.45, 7) is 0. The second-order valence-corrected chi connectivity index (χ2v) is 5.07. The average Bonchev–Trinajstić information content (AvgIpc) is 3.15. The lowest BCUT2D eigenvalue weighted by molar-refractivity contribution is 0.625. The Bertz CT molecular complexity index is 494. The minimum atomic E-state index is -0.226. The van der Waals surface area contributed by atoms with Crippen LogP contribution in [0.2, 0.25) is 0 Å². The van der Waals surface area contributed by atoms with Crippen LogP contribution in [0.1, 0.15) is 18.4 Å². The molecule has 2 aliphatic rings. The molecule has 0 unspecified atom stereocenters. The quantitative estimate of drug-likeness (QED) is 0.873. The number of hydrazone groups is 1. The first kappa shape index (κ1) is 10.8. The lowest BCUT2D eigenvalue weighted by Crippen LogP contribution is -2.26. The number of halogens is 1. The highest BCUT2D eigenvalue weighted by atomic mass is 32.2. The van der Waals surface area contributed by atoms with Gasteiger partial charge < -0.3 is 0 Å². The van der Waals surface area contributed by atoms with E-state index < -0.39 is 0 Å². The van der Waals surface area contributed by atoms with Crippen molar-refractivity contribution >= 4 is 22.6 Å². The zero-order chi connectivity index (χ0) is 11.7. The average molecular weight is 249 g/mol. The molecule has 1 aliphatic heterocycles. The van der Waals surface area contributed by atoms with E-state index in [4.69, 9.17) is 0 Å². The number of nitrogens with one attached hydrogen (secondary N) is 1. The minimum Gasteiger partial charge on any atom is -0.258 e. The molecule has 0 radical (unpaired) electrons. The maximum Gasteiger partial charge on any atom is 0.177 e. The Morgan fingerprint density at radius 3 is 2.82 bits per heavy atom. The molecule has 1 aromatic carbocycles. The summed E-state index contributed by atoms with van der Waals surface area (Å²) in [5.41, 5.74) is 4.21. The summed E-state index contributed by atoms with van der Waals surface area (Å²) >= 11 is 1.58. The summed E-state index contributed by atoms with van der Waals surface area (Å²) in [5.74, 6) is 0.440. The van der Waals surface area contributed by atoms with Gasteiger partial charge in [-0.25, -0.2) is 4.39 Å². The molecule has 5 heteroatoms. The molecular weight excluding hydrogens is 237 g/mol. The normalized spacial score (nSPS) is 22.2. The van der Waals surface area contributed by atoms with Gasteiger partial charge in [0.25, 0.3) is 0 Å². The molecule has 0 amide bonds. The van der Waals surface area contributed by atoms with Gasteiger partial charge in [0.1, 0.15) is 5.82 Å². The molecule has 1 aromatic rings. The number of hydrogen-bond donors (Lipinski definition) is 1. The summed E-state index contributed by atoms with van der Waals surface area (Å²) in [5, 5.41) is 5.05. The smallest absolute Gasteiger partial charge is 0.177 e. The third-order valence-electron chi connectivity index (χ3n) is 2.66. The number of hydrogen-bond acceptors (Lipinski definition) is 3. The SMILES string of the molecule is Fc1ccccc1C1=NNC(=NC2CC2)SC1. The van der Waals surface area contributed by atoms with E-state index in [1.807, 2.05) is 6.07 Å². The number of aliphatic imine (C=N–C) groups is 1. The fourth-order valence-corrected chi connectivity index (χ4v) is 2.41. The molecule has 3 rings (SSSR count). The van der Waals surface area contributed by atoms with E-state index in [1.54, 1.807) is 23.9 Å². The first-order chi connectivity index (χ1) is 8.33. The zero-order valence-electron chi connectivity index (χ0n) is 9.19. The molecule has 1 heterocycles. The predicted octanol–water partition coefficient (Wildman–Crippen LogP) is 2.38. The zero-order valence-corrected chi connectivity index (χ0v) is 10.0. The van der Waals surface area contributed by atoms with Crippen molar-refractivity contribution in [1.82, 2.24) is 5.43 Å². The first-order valence-electron chi connectivity index (χ1n) is 5.61. The fourth-order valence-electron chi connectivity index (χ4n) is 1.59. The molecule has 0 atom stereocenters. The van der Waals surface area contributed by atoms with Crippen molar-refractivity contribution in [2.24, 2.45) is 10.1 Å².